The summed E-state index contributed by atoms with van der Waals surface area (Å²) in [5, 5.41) is 2.23. The maximum absolute atomic E-state index is 13.1. The summed E-state index contributed by atoms with van der Waals surface area (Å²) in [5.74, 6) is -0.795. The summed E-state index contributed by atoms with van der Waals surface area (Å²) in [6.07, 6.45) is 1.59. The zero-order valence-corrected chi connectivity index (χ0v) is 25.6. The van der Waals surface area contributed by atoms with Crippen LogP contribution in [0.2, 0.25) is 0 Å². The summed E-state index contributed by atoms with van der Waals surface area (Å²) in [5.41, 5.74) is 3.06. The Hall–Kier alpha value is -3.19. The average molecular weight is 705 g/mol. The lowest BCUT2D eigenvalue weighted by molar-refractivity contribution is -0.127. The SMILES string of the molecule is O=C(CN1C(=O)S/C(=C/c2cc(Br)c(OCc3ccc(F)cc3)c(Br)c2)C1=O)Nc1ccc(N2CCOCC2)cc1. The molecule has 3 aromatic rings. The van der Waals surface area contributed by atoms with Gasteiger partial charge in [-0.1, -0.05) is 12.1 Å². The molecule has 8 nitrogen and oxygen atoms in total. The number of morpholine rings is 1. The van der Waals surface area contributed by atoms with Crippen molar-refractivity contribution >= 4 is 78.1 Å². The molecule has 3 amide bonds. The zero-order valence-electron chi connectivity index (χ0n) is 21.6. The fourth-order valence-electron chi connectivity index (χ4n) is 4.25. The van der Waals surface area contributed by atoms with Crippen molar-refractivity contribution < 1.29 is 28.2 Å². The van der Waals surface area contributed by atoms with E-state index in [4.69, 9.17) is 9.47 Å². The Labute approximate surface area is 257 Å². The van der Waals surface area contributed by atoms with Crippen LogP contribution in [0.4, 0.5) is 20.6 Å². The van der Waals surface area contributed by atoms with E-state index in [1.54, 1.807) is 42.5 Å². The van der Waals surface area contributed by atoms with Crippen molar-refractivity contribution in [3.8, 4) is 5.75 Å². The molecule has 41 heavy (non-hydrogen) atoms. The van der Waals surface area contributed by atoms with E-state index in [1.165, 1.54) is 12.1 Å². The molecule has 2 fully saturated rings. The molecule has 0 atom stereocenters. The van der Waals surface area contributed by atoms with Crippen molar-refractivity contribution in [2.45, 2.75) is 6.61 Å². The molecule has 0 aromatic heterocycles. The molecule has 0 radical (unpaired) electrons. The second-order valence-electron chi connectivity index (χ2n) is 9.19. The first-order valence-electron chi connectivity index (χ1n) is 12.6. The van der Waals surface area contributed by atoms with Crippen molar-refractivity contribution in [3.05, 3.63) is 91.5 Å². The van der Waals surface area contributed by atoms with Gasteiger partial charge in [-0.15, -0.1) is 0 Å². The number of thioether (sulfide) groups is 1. The molecule has 0 bridgehead atoms. The van der Waals surface area contributed by atoms with E-state index in [0.717, 1.165) is 41.0 Å². The molecule has 1 N–H and O–H groups in total. The fourth-order valence-corrected chi connectivity index (χ4v) is 6.53. The number of anilines is 2. The van der Waals surface area contributed by atoms with Crippen molar-refractivity contribution in [2.75, 3.05) is 43.1 Å². The highest BCUT2D eigenvalue weighted by molar-refractivity contribution is 9.11. The maximum atomic E-state index is 13.1. The van der Waals surface area contributed by atoms with Crippen LogP contribution in [0.1, 0.15) is 11.1 Å². The monoisotopic (exact) mass is 703 g/mol. The van der Waals surface area contributed by atoms with Gasteiger partial charge in [-0.2, -0.15) is 0 Å². The highest BCUT2D eigenvalue weighted by Gasteiger charge is 2.36. The minimum atomic E-state index is -0.540. The number of benzene rings is 3. The number of halogens is 3. The van der Waals surface area contributed by atoms with Gasteiger partial charge in [0, 0.05) is 24.5 Å². The van der Waals surface area contributed by atoms with Crippen LogP contribution in [-0.4, -0.2) is 54.8 Å². The van der Waals surface area contributed by atoms with Crippen molar-refractivity contribution in [1.29, 1.82) is 0 Å². The molecule has 2 aliphatic rings. The van der Waals surface area contributed by atoms with Gasteiger partial charge in [-0.05, 0) is 109 Å². The quantitative estimate of drug-likeness (QED) is 0.270. The van der Waals surface area contributed by atoms with E-state index >= 15 is 0 Å². The number of hydrogen-bond acceptors (Lipinski definition) is 7. The van der Waals surface area contributed by atoms with Crippen LogP contribution in [0.25, 0.3) is 6.08 Å². The molecular formula is C29H24Br2FN3O5S. The van der Waals surface area contributed by atoms with Crippen LogP contribution in [-0.2, 0) is 20.9 Å². The number of amides is 3. The van der Waals surface area contributed by atoms with Crippen LogP contribution >= 0.6 is 43.6 Å². The number of nitrogens with one attached hydrogen (secondary N) is 1. The van der Waals surface area contributed by atoms with Crippen molar-refractivity contribution in [3.63, 3.8) is 0 Å². The summed E-state index contributed by atoms with van der Waals surface area (Å²) in [7, 11) is 0. The van der Waals surface area contributed by atoms with Gasteiger partial charge in [-0.25, -0.2) is 4.39 Å². The minimum absolute atomic E-state index is 0.205. The largest absolute Gasteiger partial charge is 0.487 e. The summed E-state index contributed by atoms with van der Waals surface area (Å²) in [6.45, 7) is 2.81. The van der Waals surface area contributed by atoms with E-state index in [2.05, 4.69) is 42.1 Å². The van der Waals surface area contributed by atoms with Crippen LogP contribution in [0.3, 0.4) is 0 Å². The number of nitrogens with zero attached hydrogens (tertiary/aromatic N) is 2. The Kier molecular flexibility index (Phi) is 9.43. The lowest BCUT2D eigenvalue weighted by Gasteiger charge is -2.28. The lowest BCUT2D eigenvalue weighted by atomic mass is 10.2. The van der Waals surface area contributed by atoms with Gasteiger partial charge in [0.25, 0.3) is 11.1 Å². The molecule has 12 heteroatoms. The maximum Gasteiger partial charge on any atom is 0.294 e. The molecule has 2 aliphatic heterocycles. The third-order valence-electron chi connectivity index (χ3n) is 6.32. The van der Waals surface area contributed by atoms with Gasteiger partial charge in [0.1, 0.15) is 24.7 Å². The smallest absolute Gasteiger partial charge is 0.294 e. The first-order chi connectivity index (χ1) is 19.8. The molecule has 5 rings (SSSR count). The van der Waals surface area contributed by atoms with Gasteiger partial charge in [0.15, 0.2) is 0 Å². The minimum Gasteiger partial charge on any atom is -0.487 e. The Morgan fingerprint density at radius 3 is 2.34 bits per heavy atom. The summed E-state index contributed by atoms with van der Waals surface area (Å²) < 4.78 is 25.7. The van der Waals surface area contributed by atoms with Crippen LogP contribution < -0.4 is 15.0 Å². The lowest BCUT2D eigenvalue weighted by Crippen LogP contribution is -2.36. The fraction of sp³-hybridized carbons (Fsp3) is 0.207. The Balaban J connectivity index is 1.20. The first kappa shape index (κ1) is 29.3. The third-order valence-corrected chi connectivity index (χ3v) is 8.40. The molecule has 2 saturated heterocycles. The average Bonchev–Trinajstić information content (AvgIpc) is 3.21. The van der Waals surface area contributed by atoms with E-state index in [1.807, 2.05) is 12.1 Å². The van der Waals surface area contributed by atoms with Gasteiger partial charge in [-0.3, -0.25) is 19.3 Å². The topological polar surface area (TPSA) is 88.2 Å². The molecule has 3 aromatic carbocycles. The number of rotatable bonds is 8. The predicted molar refractivity (Wildman–Crippen MR) is 163 cm³/mol. The van der Waals surface area contributed by atoms with Crippen LogP contribution in [0.5, 0.6) is 5.75 Å². The summed E-state index contributed by atoms with van der Waals surface area (Å²) in [4.78, 5) is 41.6. The molecule has 0 aliphatic carbocycles. The number of carbonyl (C=O) groups excluding carboxylic acids is 3. The highest BCUT2D eigenvalue weighted by Crippen LogP contribution is 2.38. The van der Waals surface area contributed by atoms with Crippen molar-refractivity contribution in [1.82, 2.24) is 4.90 Å². The second kappa shape index (κ2) is 13.2. The first-order valence-corrected chi connectivity index (χ1v) is 15.0. The van der Waals surface area contributed by atoms with Gasteiger partial charge in [0.2, 0.25) is 5.91 Å². The molecule has 212 valence electrons. The molecular weight excluding hydrogens is 681 g/mol. The van der Waals surface area contributed by atoms with Gasteiger partial charge in [0.05, 0.1) is 27.1 Å². The van der Waals surface area contributed by atoms with E-state index < -0.39 is 23.6 Å². The molecule has 0 spiro atoms. The summed E-state index contributed by atoms with van der Waals surface area (Å²) in [6, 6.07) is 16.9. The molecule has 0 saturated carbocycles. The van der Waals surface area contributed by atoms with Gasteiger partial charge >= 0.3 is 0 Å². The number of carbonyl (C=O) groups is 3. The standard InChI is InChI=1S/C29H24Br2FN3O5S/c30-23-13-19(14-24(31)27(23)40-17-18-1-3-20(32)4-2-18)15-25-28(37)35(29(38)41-25)16-26(36)33-21-5-7-22(8-6-21)34-9-11-39-12-10-34/h1-8,13-15H,9-12,16-17H2,(H,33,36)/b25-15+. The predicted octanol–water partition coefficient (Wildman–Crippen LogP) is 6.44. The number of imide groups is 1. The molecule has 2 heterocycles. The van der Waals surface area contributed by atoms with E-state index in [9.17, 15) is 18.8 Å². The van der Waals surface area contributed by atoms with Crippen molar-refractivity contribution in [2.24, 2.45) is 0 Å². The second-order valence-corrected chi connectivity index (χ2v) is 11.9. The van der Waals surface area contributed by atoms with E-state index in [0.29, 0.717) is 39.2 Å². The Morgan fingerprint density at radius 2 is 1.68 bits per heavy atom. The van der Waals surface area contributed by atoms with Crippen LogP contribution in [0.15, 0.2) is 74.5 Å². The van der Waals surface area contributed by atoms with Crippen LogP contribution in [0, 0.1) is 5.82 Å². The highest BCUT2D eigenvalue weighted by atomic mass is 79.9. The Bertz CT molecular complexity index is 1470. The molecule has 0 unspecified atom stereocenters. The number of hydrogen-bond donors (Lipinski definition) is 1. The zero-order chi connectivity index (χ0) is 28.9. The van der Waals surface area contributed by atoms with Gasteiger partial charge < -0.3 is 19.7 Å². The normalized spacial score (nSPS) is 16.4. The third kappa shape index (κ3) is 7.37. The summed E-state index contributed by atoms with van der Waals surface area (Å²) >= 11 is 7.75. The van der Waals surface area contributed by atoms with E-state index in [-0.39, 0.29) is 17.3 Å². The Morgan fingerprint density at radius 1 is 1.02 bits per heavy atom. The number of ether oxygens (including phenoxy) is 2.